The molecule has 8 nitrogen and oxygen atoms in total. The van der Waals surface area contributed by atoms with Crippen LogP contribution in [0, 0.1) is 13.8 Å². The maximum absolute atomic E-state index is 12.2. The first-order valence-corrected chi connectivity index (χ1v) is 6.87. The molecule has 130 valence electrons. The third-order valence-corrected chi connectivity index (χ3v) is 3.02. The van der Waals surface area contributed by atoms with E-state index in [1.54, 1.807) is 25.2 Å². The lowest BCUT2D eigenvalue weighted by atomic mass is 10.4. The number of aryl methyl sites for hydroxylation is 2. The molecule has 0 aliphatic carbocycles. The summed E-state index contributed by atoms with van der Waals surface area (Å²) in [7, 11) is 1.27. The molecule has 0 saturated heterocycles. The van der Waals surface area contributed by atoms with Crippen molar-refractivity contribution in [2.45, 2.75) is 20.0 Å². The molecule has 11 heteroatoms. The van der Waals surface area contributed by atoms with Gasteiger partial charge in [-0.1, -0.05) is 0 Å². The largest absolute Gasteiger partial charge is 0.405 e. The highest BCUT2D eigenvalue weighted by Gasteiger charge is 2.28. The van der Waals surface area contributed by atoms with E-state index in [4.69, 9.17) is 0 Å². The molecule has 0 radical (unpaired) electrons. The first-order valence-electron chi connectivity index (χ1n) is 6.87. The number of carbonyl (C=O) groups is 2. The van der Waals surface area contributed by atoms with E-state index in [1.165, 1.54) is 11.6 Å². The summed E-state index contributed by atoms with van der Waals surface area (Å²) in [6.45, 7) is 1.53. The topological polar surface area (TPSA) is 92.5 Å². The second-order valence-electron chi connectivity index (χ2n) is 5.24. The van der Waals surface area contributed by atoms with Gasteiger partial charge in [-0.25, -0.2) is 9.50 Å². The highest BCUT2D eigenvalue weighted by molar-refractivity contribution is 5.93. The normalized spacial score (nSPS) is 11.6. The summed E-state index contributed by atoms with van der Waals surface area (Å²) in [5.74, 6) is -1.59. The SMILES string of the molecule is Cc1cc(C)n2nc(C(=O)N(C)CC(=O)NCC(F)(F)F)nc2n1. The highest BCUT2D eigenvalue weighted by Crippen LogP contribution is 2.12. The molecule has 0 bridgehead atoms. The van der Waals surface area contributed by atoms with Gasteiger partial charge in [0.2, 0.25) is 11.7 Å². The van der Waals surface area contributed by atoms with Crippen LogP contribution in [0.4, 0.5) is 13.2 Å². The Morgan fingerprint density at radius 1 is 1.29 bits per heavy atom. The predicted molar refractivity (Wildman–Crippen MR) is 76.3 cm³/mol. The minimum atomic E-state index is -4.51. The predicted octanol–water partition coefficient (Wildman–Crippen LogP) is 0.492. The van der Waals surface area contributed by atoms with Gasteiger partial charge in [0.05, 0.1) is 6.54 Å². The van der Waals surface area contributed by atoms with Crippen LogP contribution in [0.3, 0.4) is 0 Å². The van der Waals surface area contributed by atoms with Gasteiger partial charge in [0.1, 0.15) is 6.54 Å². The Kier molecular flexibility index (Phi) is 4.71. The van der Waals surface area contributed by atoms with Crippen LogP contribution in [0.25, 0.3) is 5.78 Å². The van der Waals surface area contributed by atoms with E-state index in [2.05, 4.69) is 15.1 Å². The summed E-state index contributed by atoms with van der Waals surface area (Å²) in [5, 5.41) is 5.69. The minimum absolute atomic E-state index is 0.192. The number of fused-ring (bicyclic) bond motifs is 1. The van der Waals surface area contributed by atoms with Gasteiger partial charge in [-0.2, -0.15) is 18.2 Å². The van der Waals surface area contributed by atoms with E-state index in [1.807, 2.05) is 0 Å². The number of carbonyl (C=O) groups excluding carboxylic acids is 2. The minimum Gasteiger partial charge on any atom is -0.345 e. The molecule has 0 aromatic carbocycles. The summed E-state index contributed by atoms with van der Waals surface area (Å²) in [5.41, 5.74) is 1.42. The Hall–Kier alpha value is -2.72. The molecule has 0 fully saturated rings. The van der Waals surface area contributed by atoms with Crippen molar-refractivity contribution in [2.75, 3.05) is 20.1 Å². The van der Waals surface area contributed by atoms with E-state index in [0.717, 1.165) is 10.6 Å². The van der Waals surface area contributed by atoms with Crippen molar-refractivity contribution in [3.63, 3.8) is 0 Å². The molecule has 0 saturated carbocycles. The number of alkyl halides is 3. The first-order chi connectivity index (χ1) is 11.1. The molecule has 0 aliphatic rings. The van der Waals surface area contributed by atoms with Crippen LogP contribution in [-0.4, -0.2) is 62.6 Å². The number of halogens is 3. The molecule has 1 N–H and O–H groups in total. The zero-order chi connectivity index (χ0) is 18.1. The van der Waals surface area contributed by atoms with Crippen molar-refractivity contribution in [3.8, 4) is 0 Å². The molecule has 0 spiro atoms. The van der Waals surface area contributed by atoms with Crippen LogP contribution in [-0.2, 0) is 4.79 Å². The van der Waals surface area contributed by atoms with Crippen molar-refractivity contribution in [1.82, 2.24) is 29.8 Å². The average Bonchev–Trinajstić information content (AvgIpc) is 2.87. The average molecular weight is 344 g/mol. The highest BCUT2D eigenvalue weighted by atomic mass is 19.4. The van der Waals surface area contributed by atoms with Crippen molar-refractivity contribution >= 4 is 17.6 Å². The number of hydrogen-bond acceptors (Lipinski definition) is 5. The Morgan fingerprint density at radius 3 is 2.58 bits per heavy atom. The van der Waals surface area contributed by atoms with Crippen LogP contribution < -0.4 is 5.32 Å². The van der Waals surface area contributed by atoms with Gasteiger partial charge in [-0.3, -0.25) is 9.59 Å². The lowest BCUT2D eigenvalue weighted by molar-refractivity contribution is -0.138. The number of rotatable bonds is 4. The first kappa shape index (κ1) is 17.6. The number of hydrogen-bond donors (Lipinski definition) is 1. The fourth-order valence-electron chi connectivity index (χ4n) is 1.97. The summed E-state index contributed by atoms with van der Waals surface area (Å²) >= 11 is 0. The van der Waals surface area contributed by atoms with Gasteiger partial charge in [-0.15, -0.1) is 5.10 Å². The van der Waals surface area contributed by atoms with Gasteiger partial charge >= 0.3 is 6.18 Å². The number of nitrogens with one attached hydrogen (secondary N) is 1. The smallest absolute Gasteiger partial charge is 0.345 e. The molecule has 2 amide bonds. The Labute approximate surface area is 134 Å². The van der Waals surface area contributed by atoms with Gasteiger partial charge in [0.25, 0.3) is 11.7 Å². The fourth-order valence-corrected chi connectivity index (χ4v) is 1.97. The number of likely N-dealkylation sites (N-methyl/N-ethyl adjacent to an activating group) is 1. The Bertz CT molecular complexity index is 786. The molecule has 0 unspecified atom stereocenters. The van der Waals surface area contributed by atoms with Crippen LogP contribution in [0.5, 0.6) is 0 Å². The quantitative estimate of drug-likeness (QED) is 0.871. The monoisotopic (exact) mass is 344 g/mol. The standard InChI is InChI=1S/C13H15F3N6O2/c1-7-4-8(2)22-12(18-7)19-10(20-22)11(24)21(3)5-9(23)17-6-13(14,15)16/h4H,5-6H2,1-3H3,(H,17,23). The molecular weight excluding hydrogens is 329 g/mol. The lowest BCUT2D eigenvalue weighted by Crippen LogP contribution is -2.42. The van der Waals surface area contributed by atoms with Crippen molar-refractivity contribution in [2.24, 2.45) is 0 Å². The van der Waals surface area contributed by atoms with Crippen LogP contribution >= 0.6 is 0 Å². The summed E-state index contributed by atoms with van der Waals surface area (Å²) in [4.78, 5) is 32.7. The molecular formula is C13H15F3N6O2. The van der Waals surface area contributed by atoms with Crippen molar-refractivity contribution in [1.29, 1.82) is 0 Å². The molecule has 24 heavy (non-hydrogen) atoms. The second-order valence-corrected chi connectivity index (χ2v) is 5.24. The Balaban J connectivity index is 2.08. The number of aromatic nitrogens is 4. The second kappa shape index (κ2) is 6.42. The summed E-state index contributed by atoms with van der Waals surface area (Å²) in [6.07, 6.45) is -4.51. The van der Waals surface area contributed by atoms with Gasteiger partial charge in [-0.05, 0) is 19.9 Å². The van der Waals surface area contributed by atoms with E-state index < -0.39 is 31.1 Å². The fraction of sp³-hybridized carbons (Fsp3) is 0.462. The van der Waals surface area contributed by atoms with Crippen LogP contribution in [0.2, 0.25) is 0 Å². The van der Waals surface area contributed by atoms with Crippen LogP contribution in [0.1, 0.15) is 22.0 Å². The van der Waals surface area contributed by atoms with E-state index in [0.29, 0.717) is 5.69 Å². The molecule has 2 rings (SSSR count). The van der Waals surface area contributed by atoms with Crippen molar-refractivity contribution < 1.29 is 22.8 Å². The van der Waals surface area contributed by atoms with E-state index >= 15 is 0 Å². The zero-order valence-corrected chi connectivity index (χ0v) is 13.2. The Morgan fingerprint density at radius 2 is 1.96 bits per heavy atom. The molecule has 0 aliphatic heterocycles. The van der Waals surface area contributed by atoms with Gasteiger partial charge in [0, 0.05) is 18.4 Å². The van der Waals surface area contributed by atoms with E-state index in [9.17, 15) is 22.8 Å². The summed E-state index contributed by atoms with van der Waals surface area (Å²) in [6, 6.07) is 1.75. The maximum atomic E-state index is 12.2. The van der Waals surface area contributed by atoms with Crippen LogP contribution in [0.15, 0.2) is 6.07 Å². The molecule has 2 aromatic rings. The number of nitrogens with zero attached hydrogens (tertiary/aromatic N) is 5. The van der Waals surface area contributed by atoms with Gasteiger partial charge in [0.15, 0.2) is 0 Å². The molecule has 2 heterocycles. The summed E-state index contributed by atoms with van der Waals surface area (Å²) < 4.78 is 37.5. The molecule has 0 atom stereocenters. The van der Waals surface area contributed by atoms with Gasteiger partial charge < -0.3 is 10.2 Å². The number of amides is 2. The van der Waals surface area contributed by atoms with Crippen molar-refractivity contribution in [3.05, 3.63) is 23.3 Å². The maximum Gasteiger partial charge on any atom is 0.405 e. The zero-order valence-electron chi connectivity index (χ0n) is 13.2. The third kappa shape index (κ3) is 4.18. The third-order valence-electron chi connectivity index (χ3n) is 3.02. The molecule has 2 aromatic heterocycles. The van der Waals surface area contributed by atoms with E-state index in [-0.39, 0.29) is 11.6 Å². The lowest BCUT2D eigenvalue weighted by Gasteiger charge is -2.15.